The van der Waals surface area contributed by atoms with Crippen LogP contribution < -0.4 is 20.3 Å². The van der Waals surface area contributed by atoms with E-state index in [2.05, 4.69) is 15.5 Å². The Morgan fingerprint density at radius 2 is 1.96 bits per heavy atom. The molecule has 2 aliphatic rings. The van der Waals surface area contributed by atoms with Crippen molar-refractivity contribution in [1.29, 1.82) is 0 Å². The number of benzene rings is 1. The van der Waals surface area contributed by atoms with Crippen LogP contribution in [0.5, 0.6) is 5.75 Å². The highest BCUT2D eigenvalue weighted by molar-refractivity contribution is 6.22. The maximum absolute atomic E-state index is 12.6. The van der Waals surface area contributed by atoms with E-state index in [4.69, 9.17) is 9.47 Å². The van der Waals surface area contributed by atoms with Gasteiger partial charge in [0.1, 0.15) is 11.8 Å². The molecule has 0 aromatic heterocycles. The minimum absolute atomic E-state index is 0.0746. The van der Waals surface area contributed by atoms with Crippen molar-refractivity contribution in [2.24, 2.45) is 0 Å². The van der Waals surface area contributed by atoms with Crippen LogP contribution in [0.1, 0.15) is 12.8 Å². The second-order valence-corrected chi connectivity index (χ2v) is 6.74. The van der Waals surface area contributed by atoms with Gasteiger partial charge in [0.05, 0.1) is 32.4 Å². The van der Waals surface area contributed by atoms with Gasteiger partial charge in [-0.15, -0.1) is 0 Å². The number of nitrogens with one attached hydrogen (secondary N) is 2. The van der Waals surface area contributed by atoms with E-state index in [1.165, 1.54) is 7.11 Å². The fourth-order valence-electron chi connectivity index (χ4n) is 3.26. The second kappa shape index (κ2) is 9.52. The van der Waals surface area contributed by atoms with E-state index in [0.717, 1.165) is 44.2 Å². The number of amides is 4. The van der Waals surface area contributed by atoms with E-state index in [9.17, 15) is 14.4 Å². The number of urea groups is 1. The second-order valence-electron chi connectivity index (χ2n) is 6.74. The molecule has 9 heteroatoms. The maximum atomic E-state index is 12.6. The number of methoxy groups -OCH3 is 1. The van der Waals surface area contributed by atoms with Crippen LogP contribution in [-0.4, -0.2) is 75.3 Å². The van der Waals surface area contributed by atoms with Crippen molar-refractivity contribution >= 4 is 23.5 Å². The molecule has 0 radical (unpaired) electrons. The summed E-state index contributed by atoms with van der Waals surface area (Å²) in [4.78, 5) is 40.2. The summed E-state index contributed by atoms with van der Waals surface area (Å²) in [6.45, 7) is 4.76. The molecule has 9 nitrogen and oxygen atoms in total. The molecule has 2 heterocycles. The Balaban J connectivity index is 1.44. The van der Waals surface area contributed by atoms with Crippen LogP contribution >= 0.6 is 0 Å². The summed E-state index contributed by atoms with van der Waals surface area (Å²) in [6.07, 6.45) is 0.753. The van der Waals surface area contributed by atoms with E-state index < -0.39 is 18.0 Å². The van der Waals surface area contributed by atoms with E-state index in [1.807, 2.05) is 0 Å². The van der Waals surface area contributed by atoms with Crippen molar-refractivity contribution < 1.29 is 23.9 Å². The maximum Gasteiger partial charge on any atom is 0.329 e. The van der Waals surface area contributed by atoms with Gasteiger partial charge in [0.25, 0.3) is 5.91 Å². The highest BCUT2D eigenvalue weighted by Crippen LogP contribution is 2.23. The topological polar surface area (TPSA) is 100 Å². The van der Waals surface area contributed by atoms with E-state index in [-0.39, 0.29) is 12.3 Å². The van der Waals surface area contributed by atoms with Crippen LogP contribution in [-0.2, 0) is 14.3 Å². The van der Waals surface area contributed by atoms with Crippen LogP contribution in [0.2, 0.25) is 0 Å². The quantitative estimate of drug-likeness (QED) is 0.491. The van der Waals surface area contributed by atoms with E-state index in [1.54, 1.807) is 24.3 Å². The number of rotatable bonds is 8. The van der Waals surface area contributed by atoms with Gasteiger partial charge in [-0.25, -0.2) is 9.69 Å². The smallest absolute Gasteiger partial charge is 0.329 e. The average Bonchev–Trinajstić information content (AvgIpc) is 2.99. The molecule has 0 unspecified atom stereocenters. The molecule has 1 aromatic carbocycles. The Bertz CT molecular complexity index is 703. The Morgan fingerprint density at radius 3 is 2.64 bits per heavy atom. The first-order chi connectivity index (χ1) is 13.6. The number of hydrogen-bond acceptors (Lipinski definition) is 6. The summed E-state index contributed by atoms with van der Waals surface area (Å²) in [5, 5.41) is 5.40. The highest BCUT2D eigenvalue weighted by atomic mass is 16.5. The van der Waals surface area contributed by atoms with Crippen LogP contribution in [0, 0.1) is 0 Å². The Kier molecular flexibility index (Phi) is 6.83. The molecular weight excluding hydrogens is 364 g/mol. The lowest BCUT2D eigenvalue weighted by molar-refractivity contribution is -0.125. The van der Waals surface area contributed by atoms with Gasteiger partial charge in [-0.3, -0.25) is 14.5 Å². The predicted octanol–water partition coefficient (Wildman–Crippen LogP) is 0.349. The molecule has 2 fully saturated rings. The van der Waals surface area contributed by atoms with Crippen molar-refractivity contribution in [3.63, 3.8) is 0 Å². The largest absolute Gasteiger partial charge is 0.497 e. The molecule has 3 rings (SSSR count). The Morgan fingerprint density at radius 1 is 1.25 bits per heavy atom. The number of nitrogens with zero attached hydrogens (tertiary/aromatic N) is 2. The summed E-state index contributed by atoms with van der Waals surface area (Å²) in [5.41, 5.74) is 0.441. The molecular formula is C19H26N4O5. The number of anilines is 1. The third kappa shape index (κ3) is 4.99. The van der Waals surface area contributed by atoms with Gasteiger partial charge < -0.3 is 20.1 Å². The minimum atomic E-state index is -0.853. The molecule has 4 amide bonds. The minimum Gasteiger partial charge on any atom is -0.497 e. The third-order valence-corrected chi connectivity index (χ3v) is 4.82. The lowest BCUT2D eigenvalue weighted by Crippen LogP contribution is -2.39. The number of imide groups is 1. The van der Waals surface area contributed by atoms with Gasteiger partial charge in [0.15, 0.2) is 0 Å². The normalized spacial score (nSPS) is 20.2. The molecule has 0 aliphatic carbocycles. The van der Waals surface area contributed by atoms with Gasteiger partial charge in [-0.05, 0) is 37.2 Å². The zero-order chi connectivity index (χ0) is 19.9. The van der Waals surface area contributed by atoms with Crippen molar-refractivity contribution in [1.82, 2.24) is 15.5 Å². The van der Waals surface area contributed by atoms with Gasteiger partial charge in [-0.2, -0.15) is 0 Å². The molecule has 152 valence electrons. The summed E-state index contributed by atoms with van der Waals surface area (Å²) < 4.78 is 10.4. The molecule has 28 heavy (non-hydrogen) atoms. The Labute approximate surface area is 163 Å². The number of carbonyl (C=O) groups is 3. The van der Waals surface area contributed by atoms with Crippen molar-refractivity contribution in [3.8, 4) is 5.75 Å². The van der Waals surface area contributed by atoms with Crippen LogP contribution in [0.25, 0.3) is 0 Å². The third-order valence-electron chi connectivity index (χ3n) is 4.82. The molecule has 0 bridgehead atoms. The number of carbonyl (C=O) groups excluding carboxylic acids is 3. The summed E-state index contributed by atoms with van der Waals surface area (Å²) >= 11 is 0. The zero-order valence-electron chi connectivity index (χ0n) is 16.0. The van der Waals surface area contributed by atoms with Gasteiger partial charge >= 0.3 is 6.03 Å². The summed E-state index contributed by atoms with van der Waals surface area (Å²) in [6, 6.07) is 5.22. The van der Waals surface area contributed by atoms with Crippen molar-refractivity contribution in [2.75, 3.05) is 51.4 Å². The number of morpholine rings is 1. The first-order valence-electron chi connectivity index (χ1n) is 9.44. The van der Waals surface area contributed by atoms with Gasteiger partial charge in [-0.1, -0.05) is 0 Å². The molecule has 1 aromatic rings. The van der Waals surface area contributed by atoms with Crippen LogP contribution in [0.3, 0.4) is 0 Å². The summed E-state index contributed by atoms with van der Waals surface area (Å²) in [5.74, 6) is -0.0559. The SMILES string of the molecule is COc1ccc(N2C(=O)N[C@@H](CC(=O)NCCCN3CCOCC3)C2=O)cc1. The monoisotopic (exact) mass is 390 g/mol. The lowest BCUT2D eigenvalue weighted by Gasteiger charge is -2.26. The van der Waals surface area contributed by atoms with Gasteiger partial charge in [0, 0.05) is 19.6 Å². The first kappa shape index (κ1) is 20.1. The van der Waals surface area contributed by atoms with Crippen molar-refractivity contribution in [2.45, 2.75) is 18.9 Å². The lowest BCUT2D eigenvalue weighted by atomic mass is 10.2. The molecule has 2 aliphatic heterocycles. The molecule has 1 atom stereocenters. The summed E-state index contributed by atoms with van der Waals surface area (Å²) in [7, 11) is 1.54. The van der Waals surface area contributed by atoms with Crippen LogP contribution in [0.4, 0.5) is 10.5 Å². The van der Waals surface area contributed by atoms with Crippen LogP contribution in [0.15, 0.2) is 24.3 Å². The number of hydrogen-bond donors (Lipinski definition) is 2. The van der Waals surface area contributed by atoms with E-state index >= 15 is 0 Å². The zero-order valence-corrected chi connectivity index (χ0v) is 16.0. The molecule has 2 saturated heterocycles. The standard InChI is InChI=1S/C19H26N4O5/c1-27-15-5-3-14(4-6-15)23-18(25)16(21-19(23)26)13-17(24)20-7-2-8-22-9-11-28-12-10-22/h3-6,16H,2,7-13H2,1H3,(H,20,24)(H,21,26)/t16-/m0/s1. The van der Waals surface area contributed by atoms with Crippen molar-refractivity contribution in [3.05, 3.63) is 24.3 Å². The fraction of sp³-hybridized carbons (Fsp3) is 0.526. The molecule has 0 spiro atoms. The fourth-order valence-corrected chi connectivity index (χ4v) is 3.26. The molecule has 2 N–H and O–H groups in total. The average molecular weight is 390 g/mol. The number of ether oxygens (including phenoxy) is 2. The van der Waals surface area contributed by atoms with E-state index in [0.29, 0.717) is 18.0 Å². The Hall–Kier alpha value is -2.65. The van der Waals surface area contributed by atoms with Gasteiger partial charge in [0.2, 0.25) is 5.91 Å². The first-order valence-corrected chi connectivity index (χ1v) is 9.44. The predicted molar refractivity (Wildman–Crippen MR) is 102 cm³/mol. The highest BCUT2D eigenvalue weighted by Gasteiger charge is 2.39. The molecule has 0 saturated carbocycles.